The van der Waals surface area contributed by atoms with Gasteiger partial charge in [0.1, 0.15) is 0 Å². The molecule has 0 aliphatic rings. The first-order valence-electron chi connectivity index (χ1n) is 4.15. The van der Waals surface area contributed by atoms with E-state index in [1.165, 1.54) is 0 Å². The molecule has 0 N–H and O–H groups in total. The molecule has 0 bridgehead atoms. The van der Waals surface area contributed by atoms with Gasteiger partial charge in [0.25, 0.3) is 0 Å². The molecule has 0 nitrogen and oxygen atoms in total. The molecule has 110 valence electrons. The standard InChI is InChI=1S/C6H5Cl2F9Si/c7-18(8)2-1-3(9,10)4(11,12)5(13,14)6(15,16)17/h18H,1-2H2. The van der Waals surface area contributed by atoms with Crippen LogP contribution in [0.3, 0.4) is 0 Å². The molecule has 0 saturated heterocycles. The van der Waals surface area contributed by atoms with Gasteiger partial charge in [-0.15, -0.1) is 0 Å². The van der Waals surface area contributed by atoms with E-state index in [1.54, 1.807) is 0 Å². The first-order valence-corrected chi connectivity index (χ1v) is 8.46. The maximum Gasteiger partial charge on any atom is 0.460 e. The molecule has 0 aromatic rings. The van der Waals surface area contributed by atoms with Crippen LogP contribution in [0.15, 0.2) is 0 Å². The van der Waals surface area contributed by atoms with Gasteiger partial charge in [-0.1, -0.05) is 0 Å². The van der Waals surface area contributed by atoms with E-state index < -0.39 is 43.8 Å². The SMILES string of the molecule is FC(F)(F)C(F)(F)C(F)(F)C(F)(F)CC[SiH](Cl)Cl. The molecule has 0 atom stereocenters. The van der Waals surface area contributed by atoms with Crippen molar-refractivity contribution in [2.75, 3.05) is 0 Å². The third-order valence-corrected chi connectivity index (χ3v) is 3.92. The molecule has 0 saturated carbocycles. The lowest BCUT2D eigenvalue weighted by molar-refractivity contribution is -0.396. The minimum Gasteiger partial charge on any atom is -0.200 e. The van der Waals surface area contributed by atoms with Crippen LogP contribution in [0.4, 0.5) is 39.5 Å². The van der Waals surface area contributed by atoms with Gasteiger partial charge < -0.3 is 0 Å². The molecule has 0 fully saturated rings. The molecule has 0 aliphatic heterocycles. The quantitative estimate of drug-likeness (QED) is 0.389. The highest BCUT2D eigenvalue weighted by molar-refractivity contribution is 7.33. The molecule has 0 heterocycles. The lowest BCUT2D eigenvalue weighted by Crippen LogP contribution is -2.60. The van der Waals surface area contributed by atoms with Crippen LogP contribution in [-0.4, -0.2) is 31.4 Å². The second-order valence-corrected chi connectivity index (χ2v) is 8.47. The fraction of sp³-hybridized carbons (Fsp3) is 1.00. The Morgan fingerprint density at radius 1 is 0.722 bits per heavy atom. The summed E-state index contributed by atoms with van der Waals surface area (Å²) in [5.41, 5.74) is 0. The van der Waals surface area contributed by atoms with E-state index in [9.17, 15) is 39.5 Å². The molecule has 18 heavy (non-hydrogen) atoms. The molecule has 12 heteroatoms. The fourth-order valence-electron chi connectivity index (χ4n) is 0.855. The van der Waals surface area contributed by atoms with Crippen molar-refractivity contribution in [2.24, 2.45) is 0 Å². The second kappa shape index (κ2) is 5.27. The molecule has 0 spiro atoms. The van der Waals surface area contributed by atoms with E-state index in [0.29, 0.717) is 0 Å². The summed E-state index contributed by atoms with van der Waals surface area (Å²) in [5, 5.41) is 0. The van der Waals surface area contributed by atoms with Gasteiger partial charge >= 0.3 is 23.9 Å². The zero-order chi connectivity index (χ0) is 15.0. The highest BCUT2D eigenvalue weighted by Gasteiger charge is 2.81. The molecule has 0 unspecified atom stereocenters. The highest BCUT2D eigenvalue weighted by Crippen LogP contribution is 2.54. The van der Waals surface area contributed by atoms with E-state index in [0.717, 1.165) is 0 Å². The summed E-state index contributed by atoms with van der Waals surface area (Å²) in [6, 6.07) is -0.931. The Bertz CT molecular complexity index is 287. The minimum absolute atomic E-state index is 0.931. The van der Waals surface area contributed by atoms with Gasteiger partial charge in [-0.25, -0.2) is 0 Å². The number of hydrogen-bond donors (Lipinski definition) is 0. The minimum atomic E-state index is -6.85. The average Bonchev–Trinajstić information content (AvgIpc) is 2.12. The number of halogens is 11. The molecular formula is C6H5Cl2F9Si. The van der Waals surface area contributed by atoms with Crippen molar-refractivity contribution >= 4 is 29.6 Å². The maximum absolute atomic E-state index is 12.8. The van der Waals surface area contributed by atoms with Crippen molar-refractivity contribution in [3.05, 3.63) is 0 Å². The normalized spacial score (nSPS) is 15.3. The lowest BCUT2D eigenvalue weighted by atomic mass is 10.0. The summed E-state index contributed by atoms with van der Waals surface area (Å²) in [6.45, 7) is 0. The van der Waals surface area contributed by atoms with Crippen LogP contribution < -0.4 is 0 Å². The number of hydrogen-bond acceptors (Lipinski definition) is 0. The van der Waals surface area contributed by atoms with E-state index in [1.807, 2.05) is 0 Å². The molecule has 0 amide bonds. The van der Waals surface area contributed by atoms with Crippen LogP contribution in [0.25, 0.3) is 0 Å². The molecular weight excluding hydrogens is 342 g/mol. The first kappa shape index (κ1) is 18.2. The summed E-state index contributed by atoms with van der Waals surface area (Å²) in [7, 11) is -2.83. The van der Waals surface area contributed by atoms with Crippen LogP contribution in [0.5, 0.6) is 0 Å². The Morgan fingerprint density at radius 2 is 1.11 bits per heavy atom. The van der Waals surface area contributed by atoms with Gasteiger partial charge in [-0.2, -0.15) is 61.7 Å². The first-order chi connectivity index (χ1) is 7.67. The monoisotopic (exact) mass is 346 g/mol. The zero-order valence-electron chi connectivity index (χ0n) is 8.15. The van der Waals surface area contributed by atoms with E-state index in [2.05, 4.69) is 0 Å². The average molecular weight is 347 g/mol. The zero-order valence-corrected chi connectivity index (χ0v) is 10.8. The summed E-state index contributed by atoms with van der Waals surface area (Å²) in [4.78, 5) is 0. The van der Waals surface area contributed by atoms with Crippen molar-refractivity contribution in [3.8, 4) is 0 Å². The predicted octanol–water partition coefficient (Wildman–Crippen LogP) is 4.54. The molecule has 0 radical (unpaired) electrons. The van der Waals surface area contributed by atoms with Crippen molar-refractivity contribution in [1.82, 2.24) is 0 Å². The maximum atomic E-state index is 12.8. The summed E-state index contributed by atoms with van der Waals surface area (Å²) in [6.07, 6.45) is -8.74. The smallest absolute Gasteiger partial charge is 0.200 e. The molecule has 0 rings (SSSR count). The molecule has 0 aromatic carbocycles. The highest BCUT2D eigenvalue weighted by atomic mass is 35.7. The Kier molecular flexibility index (Phi) is 5.32. The van der Waals surface area contributed by atoms with E-state index in [4.69, 9.17) is 22.2 Å². The van der Waals surface area contributed by atoms with Gasteiger partial charge in [0.2, 0.25) is 7.42 Å². The third-order valence-electron chi connectivity index (χ3n) is 1.89. The topological polar surface area (TPSA) is 0 Å². The molecule has 0 aliphatic carbocycles. The Hall–Kier alpha value is 0.167. The van der Waals surface area contributed by atoms with Crippen molar-refractivity contribution < 1.29 is 39.5 Å². The Balaban J connectivity index is 5.23. The van der Waals surface area contributed by atoms with Crippen LogP contribution in [0.1, 0.15) is 6.42 Å². The van der Waals surface area contributed by atoms with Crippen LogP contribution >= 0.6 is 22.2 Å². The number of rotatable bonds is 5. The van der Waals surface area contributed by atoms with Crippen LogP contribution in [0, 0.1) is 0 Å². The van der Waals surface area contributed by atoms with Crippen LogP contribution in [-0.2, 0) is 0 Å². The lowest BCUT2D eigenvalue weighted by Gasteiger charge is -2.33. The van der Waals surface area contributed by atoms with E-state index >= 15 is 0 Å². The largest absolute Gasteiger partial charge is 0.460 e. The third kappa shape index (κ3) is 3.38. The summed E-state index contributed by atoms with van der Waals surface area (Å²) < 4.78 is 110. The Labute approximate surface area is 106 Å². The summed E-state index contributed by atoms with van der Waals surface area (Å²) >= 11 is 10.1. The van der Waals surface area contributed by atoms with Gasteiger partial charge in [0.05, 0.1) is 0 Å². The predicted molar refractivity (Wildman–Crippen MR) is 49.2 cm³/mol. The molecule has 0 aromatic heterocycles. The number of alkyl halides is 9. The van der Waals surface area contributed by atoms with Crippen LogP contribution in [0.2, 0.25) is 6.04 Å². The van der Waals surface area contributed by atoms with Crippen molar-refractivity contribution in [1.29, 1.82) is 0 Å². The van der Waals surface area contributed by atoms with Gasteiger partial charge in [-0.3, -0.25) is 0 Å². The van der Waals surface area contributed by atoms with Gasteiger partial charge in [-0.05, 0) is 6.04 Å². The van der Waals surface area contributed by atoms with Crippen molar-refractivity contribution in [3.63, 3.8) is 0 Å². The van der Waals surface area contributed by atoms with Gasteiger partial charge in [0.15, 0.2) is 0 Å². The Morgan fingerprint density at radius 3 is 1.39 bits per heavy atom. The van der Waals surface area contributed by atoms with E-state index in [-0.39, 0.29) is 0 Å². The summed E-state index contributed by atoms with van der Waals surface area (Å²) in [5.74, 6) is -19.0. The fourth-order valence-corrected chi connectivity index (χ4v) is 2.09. The van der Waals surface area contributed by atoms with Crippen molar-refractivity contribution in [2.45, 2.75) is 36.4 Å². The second-order valence-electron chi connectivity index (χ2n) is 3.28. The van der Waals surface area contributed by atoms with Gasteiger partial charge in [0, 0.05) is 6.42 Å².